The fourth-order valence-electron chi connectivity index (χ4n) is 1.93. The van der Waals surface area contributed by atoms with Crippen molar-refractivity contribution in [1.82, 2.24) is 0 Å². The number of benzene rings is 1. The number of fused-ring (bicyclic) bond motifs is 1. The summed E-state index contributed by atoms with van der Waals surface area (Å²) in [6.45, 7) is 0.594. The molecule has 0 radical (unpaired) electrons. The molecule has 0 amide bonds. The summed E-state index contributed by atoms with van der Waals surface area (Å²) in [6, 6.07) is 7.13. The van der Waals surface area contributed by atoms with E-state index in [1.54, 1.807) is 18.2 Å². The highest BCUT2D eigenvalue weighted by Crippen LogP contribution is 2.32. The molecule has 1 aliphatic rings. The molecule has 0 bridgehead atoms. The van der Waals surface area contributed by atoms with Gasteiger partial charge in [-0.1, -0.05) is 12.8 Å². The molecule has 0 aliphatic carbocycles. The number of rotatable bonds is 7. The summed E-state index contributed by atoms with van der Waals surface area (Å²) in [5.74, 6) is 0.885. The van der Waals surface area contributed by atoms with Crippen molar-refractivity contribution < 1.29 is 19.0 Å². The van der Waals surface area contributed by atoms with E-state index in [-0.39, 0.29) is 12.8 Å². The zero-order valence-electron chi connectivity index (χ0n) is 11.3. The van der Waals surface area contributed by atoms with E-state index in [2.05, 4.69) is 6.07 Å². The maximum absolute atomic E-state index is 11.8. The Morgan fingerprint density at radius 3 is 2.85 bits per heavy atom. The van der Waals surface area contributed by atoms with E-state index in [1.165, 1.54) is 0 Å². The van der Waals surface area contributed by atoms with Gasteiger partial charge in [0.25, 0.3) is 0 Å². The highest BCUT2D eigenvalue weighted by atomic mass is 16.7. The van der Waals surface area contributed by atoms with Crippen LogP contribution in [0.25, 0.3) is 0 Å². The van der Waals surface area contributed by atoms with Crippen molar-refractivity contribution in [2.24, 2.45) is 0 Å². The van der Waals surface area contributed by atoms with Crippen molar-refractivity contribution in [2.45, 2.75) is 32.1 Å². The van der Waals surface area contributed by atoms with Gasteiger partial charge in [0.1, 0.15) is 0 Å². The fourth-order valence-corrected chi connectivity index (χ4v) is 1.93. The summed E-state index contributed by atoms with van der Waals surface area (Å²) in [4.78, 5) is 11.8. The summed E-state index contributed by atoms with van der Waals surface area (Å²) < 4.78 is 15.6. The van der Waals surface area contributed by atoms with Gasteiger partial charge in [0.05, 0.1) is 18.2 Å². The molecular weight excluding hydrogens is 258 g/mol. The maximum Gasteiger partial charge on any atom is 0.338 e. The SMILES string of the molecule is N#CCCCCCCOC(=O)c1ccc2c(c1)OCO2. The van der Waals surface area contributed by atoms with Crippen LogP contribution in [0.2, 0.25) is 0 Å². The van der Waals surface area contributed by atoms with Crippen molar-refractivity contribution in [3.05, 3.63) is 23.8 Å². The van der Waals surface area contributed by atoms with Gasteiger partial charge < -0.3 is 14.2 Å². The standard InChI is InChI=1S/C15H17NO4/c16-8-4-2-1-3-5-9-18-15(17)12-6-7-13-14(10-12)20-11-19-13/h6-7,10H,1-5,9,11H2. The van der Waals surface area contributed by atoms with Crippen LogP contribution >= 0.6 is 0 Å². The molecule has 0 unspecified atom stereocenters. The van der Waals surface area contributed by atoms with Gasteiger partial charge >= 0.3 is 5.97 Å². The Hall–Kier alpha value is -2.22. The van der Waals surface area contributed by atoms with Gasteiger partial charge in [-0.2, -0.15) is 5.26 Å². The molecule has 20 heavy (non-hydrogen) atoms. The van der Waals surface area contributed by atoms with Crippen molar-refractivity contribution >= 4 is 5.97 Å². The summed E-state index contributed by atoms with van der Waals surface area (Å²) in [5.41, 5.74) is 0.471. The Kier molecular flexibility index (Phi) is 5.24. The number of hydrogen-bond acceptors (Lipinski definition) is 5. The van der Waals surface area contributed by atoms with E-state index in [0.717, 1.165) is 25.7 Å². The molecule has 106 valence electrons. The average molecular weight is 275 g/mol. The summed E-state index contributed by atoms with van der Waals surface area (Å²) in [6.07, 6.45) is 4.29. The second kappa shape index (κ2) is 7.39. The van der Waals surface area contributed by atoms with Gasteiger partial charge in [-0.3, -0.25) is 0 Å². The Morgan fingerprint density at radius 1 is 1.20 bits per heavy atom. The van der Waals surface area contributed by atoms with Crippen LogP contribution in [-0.2, 0) is 4.74 Å². The monoisotopic (exact) mass is 275 g/mol. The smallest absolute Gasteiger partial charge is 0.338 e. The minimum absolute atomic E-state index is 0.191. The van der Waals surface area contributed by atoms with Crippen molar-refractivity contribution in [1.29, 1.82) is 5.26 Å². The molecule has 0 atom stereocenters. The van der Waals surface area contributed by atoms with Crippen molar-refractivity contribution in [2.75, 3.05) is 13.4 Å². The highest BCUT2D eigenvalue weighted by Gasteiger charge is 2.16. The van der Waals surface area contributed by atoms with E-state index in [9.17, 15) is 4.79 Å². The molecule has 1 heterocycles. The first-order chi connectivity index (χ1) is 9.81. The van der Waals surface area contributed by atoms with Gasteiger partial charge in [-0.25, -0.2) is 4.79 Å². The second-order valence-corrected chi connectivity index (χ2v) is 4.53. The third-order valence-corrected chi connectivity index (χ3v) is 3.02. The zero-order valence-corrected chi connectivity index (χ0v) is 11.3. The molecule has 5 heteroatoms. The Labute approximate surface area is 118 Å². The number of unbranched alkanes of at least 4 members (excludes halogenated alkanes) is 4. The third kappa shape index (κ3) is 3.89. The van der Waals surface area contributed by atoms with E-state index in [0.29, 0.717) is 30.1 Å². The van der Waals surface area contributed by atoms with Crippen LogP contribution in [0.3, 0.4) is 0 Å². The van der Waals surface area contributed by atoms with Crippen LogP contribution in [0.1, 0.15) is 42.5 Å². The molecule has 0 aromatic heterocycles. The number of carbonyl (C=O) groups is 1. The Morgan fingerprint density at radius 2 is 2.00 bits per heavy atom. The minimum Gasteiger partial charge on any atom is -0.462 e. The van der Waals surface area contributed by atoms with Crippen molar-refractivity contribution in [3.8, 4) is 17.6 Å². The van der Waals surface area contributed by atoms with E-state index >= 15 is 0 Å². The molecule has 1 aromatic carbocycles. The normalized spacial score (nSPS) is 11.9. The van der Waals surface area contributed by atoms with Crippen LogP contribution in [-0.4, -0.2) is 19.4 Å². The molecule has 2 rings (SSSR count). The average Bonchev–Trinajstić information content (AvgIpc) is 2.93. The first-order valence-corrected chi connectivity index (χ1v) is 6.75. The quantitative estimate of drug-likeness (QED) is 0.565. The molecule has 1 aromatic rings. The number of carbonyl (C=O) groups excluding carboxylic acids is 1. The lowest BCUT2D eigenvalue weighted by molar-refractivity contribution is 0.0497. The minimum atomic E-state index is -0.347. The maximum atomic E-state index is 11.8. The highest BCUT2D eigenvalue weighted by molar-refractivity contribution is 5.90. The van der Waals surface area contributed by atoms with E-state index in [1.807, 2.05) is 0 Å². The fraction of sp³-hybridized carbons (Fsp3) is 0.467. The van der Waals surface area contributed by atoms with Crippen LogP contribution < -0.4 is 9.47 Å². The summed E-state index contributed by atoms with van der Waals surface area (Å²) >= 11 is 0. The third-order valence-electron chi connectivity index (χ3n) is 3.02. The van der Waals surface area contributed by atoms with E-state index in [4.69, 9.17) is 19.5 Å². The molecule has 0 fully saturated rings. The number of nitrogens with zero attached hydrogens (tertiary/aromatic N) is 1. The first kappa shape index (κ1) is 14.2. The van der Waals surface area contributed by atoms with Gasteiger partial charge in [-0.05, 0) is 31.0 Å². The molecule has 1 aliphatic heterocycles. The summed E-state index contributed by atoms with van der Waals surface area (Å²) in [5, 5.41) is 8.40. The number of nitriles is 1. The molecule has 0 N–H and O–H groups in total. The zero-order chi connectivity index (χ0) is 14.2. The Balaban J connectivity index is 1.69. The summed E-state index contributed by atoms with van der Waals surface area (Å²) in [7, 11) is 0. The topological polar surface area (TPSA) is 68.5 Å². The number of hydrogen-bond donors (Lipinski definition) is 0. The molecule has 5 nitrogen and oxygen atoms in total. The van der Waals surface area contributed by atoms with Crippen LogP contribution in [0.4, 0.5) is 0 Å². The van der Waals surface area contributed by atoms with Gasteiger partial charge in [0.15, 0.2) is 11.5 Å². The molecule has 0 spiro atoms. The van der Waals surface area contributed by atoms with E-state index < -0.39 is 0 Å². The lowest BCUT2D eigenvalue weighted by Gasteiger charge is -2.05. The van der Waals surface area contributed by atoms with Gasteiger partial charge in [-0.15, -0.1) is 0 Å². The lowest BCUT2D eigenvalue weighted by Crippen LogP contribution is -2.06. The van der Waals surface area contributed by atoms with Crippen LogP contribution in [0, 0.1) is 11.3 Å². The van der Waals surface area contributed by atoms with Gasteiger partial charge in [0.2, 0.25) is 6.79 Å². The predicted molar refractivity (Wildman–Crippen MR) is 71.5 cm³/mol. The van der Waals surface area contributed by atoms with Crippen LogP contribution in [0.5, 0.6) is 11.5 Å². The first-order valence-electron chi connectivity index (χ1n) is 6.75. The largest absolute Gasteiger partial charge is 0.462 e. The molecule has 0 saturated carbocycles. The Bertz CT molecular complexity index is 507. The lowest BCUT2D eigenvalue weighted by atomic mass is 10.1. The predicted octanol–water partition coefficient (Wildman–Crippen LogP) is 3.05. The molecular formula is C15H17NO4. The molecule has 0 saturated heterocycles. The van der Waals surface area contributed by atoms with Crippen molar-refractivity contribution in [3.63, 3.8) is 0 Å². The van der Waals surface area contributed by atoms with Gasteiger partial charge in [0, 0.05) is 6.42 Å². The number of esters is 1. The number of ether oxygens (including phenoxy) is 3. The van der Waals surface area contributed by atoms with Crippen LogP contribution in [0.15, 0.2) is 18.2 Å². The second-order valence-electron chi connectivity index (χ2n) is 4.53.